The summed E-state index contributed by atoms with van der Waals surface area (Å²) in [6.07, 6.45) is 3.13. The molecule has 1 atom stereocenters. The van der Waals surface area contributed by atoms with Gasteiger partial charge in [0.05, 0.1) is 6.61 Å². The van der Waals surface area contributed by atoms with Gasteiger partial charge in [-0.05, 0) is 30.7 Å². The topological polar surface area (TPSA) is 32.3 Å². The van der Waals surface area contributed by atoms with E-state index in [9.17, 15) is 4.39 Å². The van der Waals surface area contributed by atoms with Crippen molar-refractivity contribution in [2.45, 2.75) is 32.2 Å². The van der Waals surface area contributed by atoms with E-state index in [-0.39, 0.29) is 18.5 Å². The summed E-state index contributed by atoms with van der Waals surface area (Å²) in [4.78, 5) is 0. The second kappa shape index (κ2) is 6.40. The molecule has 0 heterocycles. The van der Waals surface area contributed by atoms with Crippen molar-refractivity contribution in [2.75, 3.05) is 11.9 Å². The predicted molar refractivity (Wildman–Crippen MR) is 60.4 cm³/mol. The van der Waals surface area contributed by atoms with Gasteiger partial charge in [0.15, 0.2) is 0 Å². The number of aliphatic hydroxyl groups excluding tert-OH is 1. The number of nitrogens with one attached hydrogen (secondary N) is 1. The fraction of sp³-hybridized carbons (Fsp3) is 0.500. The zero-order chi connectivity index (χ0) is 11.1. The Labute approximate surface area is 90.1 Å². The van der Waals surface area contributed by atoms with Crippen LogP contribution in [0.5, 0.6) is 0 Å². The lowest BCUT2D eigenvalue weighted by molar-refractivity contribution is 0.267. The van der Waals surface area contributed by atoms with Crippen LogP contribution in [0.4, 0.5) is 10.1 Å². The van der Waals surface area contributed by atoms with Crippen molar-refractivity contribution in [2.24, 2.45) is 0 Å². The molecule has 0 spiro atoms. The highest BCUT2D eigenvalue weighted by molar-refractivity contribution is 5.43. The molecule has 0 radical (unpaired) electrons. The van der Waals surface area contributed by atoms with Crippen molar-refractivity contribution >= 4 is 5.69 Å². The first-order valence-corrected chi connectivity index (χ1v) is 5.39. The minimum atomic E-state index is -0.241. The Bertz CT molecular complexity index is 273. The number of rotatable bonds is 6. The highest BCUT2D eigenvalue weighted by atomic mass is 19.1. The Morgan fingerprint density at radius 1 is 1.33 bits per heavy atom. The largest absolute Gasteiger partial charge is 0.394 e. The number of hydrogen-bond acceptors (Lipinski definition) is 2. The molecular formula is C12H18FNO. The van der Waals surface area contributed by atoms with E-state index in [1.54, 1.807) is 12.1 Å². The van der Waals surface area contributed by atoms with Gasteiger partial charge in [0.25, 0.3) is 0 Å². The van der Waals surface area contributed by atoms with Crippen LogP contribution in [0.3, 0.4) is 0 Å². The summed E-state index contributed by atoms with van der Waals surface area (Å²) in [5, 5.41) is 12.3. The summed E-state index contributed by atoms with van der Waals surface area (Å²) in [6.45, 7) is 2.23. The maximum absolute atomic E-state index is 12.6. The van der Waals surface area contributed by atoms with Gasteiger partial charge in [0, 0.05) is 11.7 Å². The molecule has 0 aliphatic heterocycles. The van der Waals surface area contributed by atoms with Crippen LogP contribution in [0.15, 0.2) is 24.3 Å². The monoisotopic (exact) mass is 211 g/mol. The first-order valence-electron chi connectivity index (χ1n) is 5.39. The number of hydrogen-bond donors (Lipinski definition) is 2. The number of halogens is 1. The molecule has 0 saturated carbocycles. The minimum Gasteiger partial charge on any atom is -0.394 e. The van der Waals surface area contributed by atoms with E-state index in [0.29, 0.717) is 0 Å². The third-order valence-corrected chi connectivity index (χ3v) is 2.34. The first-order chi connectivity index (χ1) is 7.26. The van der Waals surface area contributed by atoms with Crippen LogP contribution in [0, 0.1) is 5.82 Å². The van der Waals surface area contributed by atoms with E-state index >= 15 is 0 Å². The smallest absolute Gasteiger partial charge is 0.123 e. The molecule has 1 unspecified atom stereocenters. The number of aliphatic hydroxyl groups is 1. The highest BCUT2D eigenvalue weighted by Crippen LogP contribution is 2.12. The average Bonchev–Trinajstić information content (AvgIpc) is 2.27. The summed E-state index contributed by atoms with van der Waals surface area (Å²) in [7, 11) is 0. The molecule has 0 aliphatic rings. The van der Waals surface area contributed by atoms with Crippen molar-refractivity contribution < 1.29 is 9.50 Å². The lowest BCUT2D eigenvalue weighted by Crippen LogP contribution is -2.23. The fourth-order valence-corrected chi connectivity index (χ4v) is 1.44. The van der Waals surface area contributed by atoms with Crippen molar-refractivity contribution in [3.63, 3.8) is 0 Å². The Morgan fingerprint density at radius 3 is 2.53 bits per heavy atom. The Balaban J connectivity index is 2.47. The Hall–Kier alpha value is -1.09. The normalized spacial score (nSPS) is 12.5. The van der Waals surface area contributed by atoms with Crippen molar-refractivity contribution in [1.29, 1.82) is 0 Å². The molecule has 1 aromatic carbocycles. The van der Waals surface area contributed by atoms with Gasteiger partial charge in [-0.3, -0.25) is 0 Å². The second-order valence-corrected chi connectivity index (χ2v) is 3.67. The molecule has 2 nitrogen and oxygen atoms in total. The molecule has 3 heteroatoms. The number of unbranched alkanes of at least 4 members (excludes halogenated alkanes) is 1. The van der Waals surface area contributed by atoms with Crippen molar-refractivity contribution in [3.8, 4) is 0 Å². The van der Waals surface area contributed by atoms with Gasteiger partial charge < -0.3 is 10.4 Å². The zero-order valence-electron chi connectivity index (χ0n) is 9.04. The van der Waals surface area contributed by atoms with Gasteiger partial charge in [-0.15, -0.1) is 0 Å². The Kier molecular flexibility index (Phi) is 5.12. The van der Waals surface area contributed by atoms with Crippen LogP contribution in [0.25, 0.3) is 0 Å². The van der Waals surface area contributed by atoms with E-state index in [4.69, 9.17) is 5.11 Å². The summed E-state index contributed by atoms with van der Waals surface area (Å²) < 4.78 is 12.6. The third-order valence-electron chi connectivity index (χ3n) is 2.34. The van der Waals surface area contributed by atoms with Gasteiger partial charge in [-0.1, -0.05) is 19.8 Å². The zero-order valence-corrected chi connectivity index (χ0v) is 9.04. The van der Waals surface area contributed by atoms with E-state index in [2.05, 4.69) is 12.2 Å². The molecule has 0 amide bonds. The molecule has 0 bridgehead atoms. The molecule has 1 aromatic rings. The summed E-state index contributed by atoms with van der Waals surface area (Å²) in [5.41, 5.74) is 0.853. The fourth-order valence-electron chi connectivity index (χ4n) is 1.44. The molecular weight excluding hydrogens is 193 g/mol. The molecule has 0 aliphatic carbocycles. The Morgan fingerprint density at radius 2 is 2.00 bits per heavy atom. The maximum Gasteiger partial charge on any atom is 0.123 e. The van der Waals surface area contributed by atoms with Gasteiger partial charge >= 0.3 is 0 Å². The van der Waals surface area contributed by atoms with E-state index in [1.165, 1.54) is 12.1 Å². The average molecular weight is 211 g/mol. The minimum absolute atomic E-state index is 0.0652. The predicted octanol–water partition coefficient (Wildman–Crippen LogP) is 2.79. The van der Waals surface area contributed by atoms with Crippen LogP contribution in [-0.4, -0.2) is 17.8 Å². The lowest BCUT2D eigenvalue weighted by Gasteiger charge is -2.17. The molecule has 0 saturated heterocycles. The van der Waals surface area contributed by atoms with Crippen molar-refractivity contribution in [1.82, 2.24) is 0 Å². The third kappa shape index (κ3) is 4.30. The summed E-state index contributed by atoms with van der Waals surface area (Å²) in [6, 6.07) is 6.26. The van der Waals surface area contributed by atoms with Crippen LogP contribution >= 0.6 is 0 Å². The standard InChI is InChI=1S/C12H18FNO/c1-2-3-4-12(9-15)14-11-7-5-10(13)6-8-11/h5-8,12,14-15H,2-4,9H2,1H3. The maximum atomic E-state index is 12.6. The molecule has 84 valence electrons. The molecule has 1 rings (SSSR count). The van der Waals surface area contributed by atoms with Crippen LogP contribution in [-0.2, 0) is 0 Å². The number of anilines is 1. The van der Waals surface area contributed by atoms with E-state index in [0.717, 1.165) is 24.9 Å². The van der Waals surface area contributed by atoms with Crippen LogP contribution in [0.2, 0.25) is 0 Å². The molecule has 2 N–H and O–H groups in total. The lowest BCUT2D eigenvalue weighted by atomic mass is 10.1. The van der Waals surface area contributed by atoms with Gasteiger partial charge in [0.2, 0.25) is 0 Å². The van der Waals surface area contributed by atoms with Gasteiger partial charge in [-0.25, -0.2) is 4.39 Å². The highest BCUT2D eigenvalue weighted by Gasteiger charge is 2.05. The van der Waals surface area contributed by atoms with E-state index < -0.39 is 0 Å². The summed E-state index contributed by atoms with van der Waals surface area (Å²) in [5.74, 6) is -0.241. The SMILES string of the molecule is CCCCC(CO)Nc1ccc(F)cc1. The number of benzene rings is 1. The van der Waals surface area contributed by atoms with Gasteiger partial charge in [0.1, 0.15) is 5.82 Å². The van der Waals surface area contributed by atoms with Crippen LogP contribution < -0.4 is 5.32 Å². The van der Waals surface area contributed by atoms with Crippen LogP contribution in [0.1, 0.15) is 26.2 Å². The van der Waals surface area contributed by atoms with Gasteiger partial charge in [-0.2, -0.15) is 0 Å². The van der Waals surface area contributed by atoms with Crippen molar-refractivity contribution in [3.05, 3.63) is 30.1 Å². The summed E-state index contributed by atoms with van der Waals surface area (Å²) >= 11 is 0. The molecule has 0 aromatic heterocycles. The first kappa shape index (κ1) is 12.0. The van der Waals surface area contributed by atoms with E-state index in [1.807, 2.05) is 0 Å². The molecule has 0 fully saturated rings. The quantitative estimate of drug-likeness (QED) is 0.758. The second-order valence-electron chi connectivity index (χ2n) is 3.67. The molecule has 15 heavy (non-hydrogen) atoms.